The van der Waals surface area contributed by atoms with Crippen molar-refractivity contribution >= 4 is 5.97 Å². The zero-order valence-electron chi connectivity index (χ0n) is 11.2. The predicted molar refractivity (Wildman–Crippen MR) is 70.2 cm³/mol. The molecule has 2 aliphatic carbocycles. The van der Waals surface area contributed by atoms with E-state index in [9.17, 15) is 9.90 Å². The van der Waals surface area contributed by atoms with Gasteiger partial charge in [0.2, 0.25) is 0 Å². The minimum atomic E-state index is -0.989. The molecule has 2 unspecified atom stereocenters. The van der Waals surface area contributed by atoms with Gasteiger partial charge in [-0.25, -0.2) is 4.79 Å². The van der Waals surface area contributed by atoms with Crippen LogP contribution in [0.1, 0.15) is 46.0 Å². The number of carbonyl (C=O) groups is 1. The highest BCUT2D eigenvalue weighted by Crippen LogP contribution is 2.52. The summed E-state index contributed by atoms with van der Waals surface area (Å²) >= 11 is 0. The fourth-order valence-electron chi connectivity index (χ4n) is 3.68. The van der Waals surface area contributed by atoms with E-state index in [-0.39, 0.29) is 16.9 Å². The third-order valence-corrected chi connectivity index (χ3v) is 4.79. The highest BCUT2D eigenvalue weighted by molar-refractivity contribution is 5.86. The van der Waals surface area contributed by atoms with Crippen LogP contribution in [-0.2, 0) is 4.79 Å². The van der Waals surface area contributed by atoms with Gasteiger partial charge in [-0.1, -0.05) is 24.6 Å². The molecule has 3 heteroatoms. The van der Waals surface area contributed by atoms with Gasteiger partial charge in [0.05, 0.1) is 6.10 Å². The summed E-state index contributed by atoms with van der Waals surface area (Å²) in [5.74, 6) is -1.31. The van der Waals surface area contributed by atoms with Crippen molar-refractivity contribution < 1.29 is 15.0 Å². The Morgan fingerprint density at radius 3 is 2.78 bits per heavy atom. The molecule has 0 saturated heterocycles. The Balaban J connectivity index is 2.31. The van der Waals surface area contributed by atoms with Crippen LogP contribution in [0.4, 0.5) is 0 Å². The van der Waals surface area contributed by atoms with Gasteiger partial charge in [0.15, 0.2) is 0 Å². The Kier molecular flexibility index (Phi) is 3.37. The lowest BCUT2D eigenvalue weighted by atomic mass is 9.60. The predicted octanol–water partition coefficient (Wildman–Crippen LogP) is 2.90. The van der Waals surface area contributed by atoms with E-state index in [0.717, 1.165) is 12.8 Å². The molecule has 0 amide bonds. The van der Waals surface area contributed by atoms with Crippen molar-refractivity contribution in [3.63, 3.8) is 0 Å². The van der Waals surface area contributed by atoms with Crippen molar-refractivity contribution in [2.24, 2.45) is 11.3 Å². The number of hydrogen-bond donors (Lipinski definition) is 2. The molecule has 0 spiro atoms. The van der Waals surface area contributed by atoms with Crippen molar-refractivity contribution in [1.82, 2.24) is 0 Å². The molecule has 18 heavy (non-hydrogen) atoms. The van der Waals surface area contributed by atoms with E-state index in [1.807, 2.05) is 0 Å². The second kappa shape index (κ2) is 4.54. The first-order chi connectivity index (χ1) is 8.35. The fourth-order valence-corrected chi connectivity index (χ4v) is 3.68. The molecule has 0 bridgehead atoms. The zero-order valence-corrected chi connectivity index (χ0v) is 11.2. The van der Waals surface area contributed by atoms with Crippen LogP contribution in [0.15, 0.2) is 23.3 Å². The largest absolute Gasteiger partial charge is 0.478 e. The molecule has 100 valence electrons. The van der Waals surface area contributed by atoms with Gasteiger partial charge in [-0.3, -0.25) is 0 Å². The SMILES string of the molecule is C=C(C(=O)O)C1CC2=C(C)CCCC2(C)C[C@@H]1O. The average Bonchev–Trinajstić information content (AvgIpc) is 2.26. The molecule has 1 saturated carbocycles. The maximum atomic E-state index is 11.0. The minimum absolute atomic E-state index is 0.0665. The Labute approximate surface area is 108 Å². The third-order valence-electron chi connectivity index (χ3n) is 4.79. The number of carboxylic acid groups (broad SMARTS) is 1. The lowest BCUT2D eigenvalue weighted by Crippen LogP contribution is -2.40. The van der Waals surface area contributed by atoms with Crippen molar-refractivity contribution in [1.29, 1.82) is 0 Å². The number of aliphatic hydroxyl groups is 1. The van der Waals surface area contributed by atoms with Crippen molar-refractivity contribution in [2.45, 2.75) is 52.1 Å². The Hall–Kier alpha value is -1.09. The Morgan fingerprint density at radius 1 is 1.50 bits per heavy atom. The van der Waals surface area contributed by atoms with Crippen molar-refractivity contribution in [3.05, 3.63) is 23.3 Å². The van der Waals surface area contributed by atoms with Crippen LogP contribution in [0, 0.1) is 11.3 Å². The molecule has 2 rings (SSSR count). The van der Waals surface area contributed by atoms with E-state index < -0.39 is 12.1 Å². The van der Waals surface area contributed by atoms with Gasteiger partial charge in [-0.2, -0.15) is 0 Å². The van der Waals surface area contributed by atoms with Crippen LogP contribution >= 0.6 is 0 Å². The first kappa shape index (κ1) is 13.3. The van der Waals surface area contributed by atoms with Gasteiger partial charge in [-0.15, -0.1) is 0 Å². The highest BCUT2D eigenvalue weighted by Gasteiger charge is 2.44. The summed E-state index contributed by atoms with van der Waals surface area (Å²) in [5.41, 5.74) is 2.97. The van der Waals surface area contributed by atoms with Gasteiger partial charge < -0.3 is 10.2 Å². The first-order valence-electron chi connectivity index (χ1n) is 6.64. The van der Waals surface area contributed by atoms with Crippen LogP contribution in [-0.4, -0.2) is 22.3 Å². The molecule has 3 nitrogen and oxygen atoms in total. The Bertz CT molecular complexity index is 421. The number of hydrogen-bond acceptors (Lipinski definition) is 2. The molecule has 3 atom stereocenters. The van der Waals surface area contributed by atoms with Crippen LogP contribution in [0.25, 0.3) is 0 Å². The van der Waals surface area contributed by atoms with Crippen LogP contribution < -0.4 is 0 Å². The summed E-state index contributed by atoms with van der Waals surface area (Å²) in [4.78, 5) is 11.0. The molecule has 0 aliphatic heterocycles. The highest BCUT2D eigenvalue weighted by atomic mass is 16.4. The van der Waals surface area contributed by atoms with Gasteiger partial charge in [0.1, 0.15) is 0 Å². The van der Waals surface area contributed by atoms with E-state index in [1.165, 1.54) is 17.6 Å². The summed E-state index contributed by atoms with van der Waals surface area (Å²) in [7, 11) is 0. The lowest BCUT2D eigenvalue weighted by molar-refractivity contribution is -0.134. The number of rotatable bonds is 2. The monoisotopic (exact) mass is 250 g/mol. The average molecular weight is 250 g/mol. The van der Waals surface area contributed by atoms with Crippen LogP contribution in [0.3, 0.4) is 0 Å². The van der Waals surface area contributed by atoms with Gasteiger partial charge in [0.25, 0.3) is 0 Å². The van der Waals surface area contributed by atoms with Crippen LogP contribution in [0.5, 0.6) is 0 Å². The summed E-state index contributed by atoms with van der Waals surface area (Å²) in [5, 5.41) is 19.3. The van der Waals surface area contributed by atoms with E-state index >= 15 is 0 Å². The summed E-state index contributed by atoms with van der Waals surface area (Å²) in [6.07, 6.45) is 4.12. The summed E-state index contributed by atoms with van der Waals surface area (Å²) < 4.78 is 0. The van der Waals surface area contributed by atoms with Gasteiger partial charge in [0, 0.05) is 11.5 Å². The standard InChI is InChI=1S/C15H22O3/c1-9-5-4-6-15(3)8-13(16)11(7-12(9)15)10(2)14(17)18/h11,13,16H,2,4-8H2,1,3H3,(H,17,18)/t11?,13-,15?/m0/s1. The molecule has 2 N–H and O–H groups in total. The summed E-state index contributed by atoms with van der Waals surface area (Å²) in [6.45, 7) is 7.98. The number of fused-ring (bicyclic) bond motifs is 1. The molecule has 0 aromatic heterocycles. The van der Waals surface area contributed by atoms with Crippen molar-refractivity contribution in [2.75, 3.05) is 0 Å². The van der Waals surface area contributed by atoms with E-state index in [0.29, 0.717) is 12.8 Å². The minimum Gasteiger partial charge on any atom is -0.478 e. The second-order valence-electron chi connectivity index (χ2n) is 6.09. The smallest absolute Gasteiger partial charge is 0.331 e. The number of carboxylic acids is 1. The molecular weight excluding hydrogens is 228 g/mol. The summed E-state index contributed by atoms with van der Waals surface area (Å²) in [6, 6.07) is 0. The zero-order chi connectivity index (χ0) is 13.5. The number of allylic oxidation sites excluding steroid dienone is 2. The molecule has 0 heterocycles. The maximum Gasteiger partial charge on any atom is 0.331 e. The molecule has 1 fully saturated rings. The number of aliphatic carboxylic acids is 1. The van der Waals surface area contributed by atoms with E-state index in [2.05, 4.69) is 20.4 Å². The molecule has 0 aromatic carbocycles. The normalized spacial score (nSPS) is 36.2. The van der Waals surface area contributed by atoms with E-state index in [4.69, 9.17) is 5.11 Å². The third kappa shape index (κ3) is 2.12. The second-order valence-corrected chi connectivity index (χ2v) is 6.09. The molecule has 0 radical (unpaired) electrons. The maximum absolute atomic E-state index is 11.0. The van der Waals surface area contributed by atoms with Gasteiger partial charge in [-0.05, 0) is 44.4 Å². The molecule has 2 aliphatic rings. The van der Waals surface area contributed by atoms with E-state index in [1.54, 1.807) is 0 Å². The topological polar surface area (TPSA) is 57.5 Å². The fraction of sp³-hybridized carbons (Fsp3) is 0.667. The molecule has 0 aromatic rings. The van der Waals surface area contributed by atoms with Crippen LogP contribution in [0.2, 0.25) is 0 Å². The Morgan fingerprint density at radius 2 is 2.17 bits per heavy atom. The lowest BCUT2D eigenvalue weighted by Gasteiger charge is -2.46. The van der Waals surface area contributed by atoms with Gasteiger partial charge >= 0.3 is 5.97 Å². The quantitative estimate of drug-likeness (QED) is 0.585. The first-order valence-corrected chi connectivity index (χ1v) is 6.64. The van der Waals surface area contributed by atoms with Crippen molar-refractivity contribution in [3.8, 4) is 0 Å². The molecular formula is C15H22O3. The number of aliphatic hydroxyl groups excluding tert-OH is 1.